The third-order valence-corrected chi connectivity index (χ3v) is 4.86. The van der Waals surface area contributed by atoms with Crippen molar-refractivity contribution in [1.29, 1.82) is 0 Å². The van der Waals surface area contributed by atoms with Gasteiger partial charge in [0.25, 0.3) is 0 Å². The Morgan fingerprint density at radius 1 is 1.35 bits per heavy atom. The monoisotopic (exact) mass is 276 g/mol. The highest BCUT2D eigenvalue weighted by Gasteiger charge is 2.27. The lowest BCUT2D eigenvalue weighted by atomic mass is 9.78. The average Bonchev–Trinajstić information content (AvgIpc) is 2.48. The van der Waals surface area contributed by atoms with Crippen LogP contribution in [0.1, 0.15) is 38.8 Å². The molecule has 0 spiro atoms. The van der Waals surface area contributed by atoms with Gasteiger partial charge < -0.3 is 10.4 Å². The number of nitrogens with one attached hydrogen (secondary N) is 1. The zero-order chi connectivity index (χ0) is 14.4. The molecule has 0 unspecified atom stereocenters. The van der Waals surface area contributed by atoms with Crippen LogP contribution in [-0.2, 0) is 6.42 Å². The Bertz CT molecular complexity index is 382. The maximum Gasteiger partial charge on any atom is 0.0475 e. The standard InChI is InChI=1S/C17H28N2O/c1-13-6-5-8-17(14(13)2)19-11-15(12-20)10-16-7-3-4-9-18-16/h3-4,7,9,13-15,17,19-20H,5-6,8,10-12H2,1-2H3/t13-,14+,15-,17+/m1/s1. The molecule has 2 rings (SSSR count). The van der Waals surface area contributed by atoms with E-state index in [1.807, 2.05) is 24.4 Å². The third kappa shape index (κ3) is 4.29. The van der Waals surface area contributed by atoms with E-state index in [0.29, 0.717) is 6.04 Å². The van der Waals surface area contributed by atoms with E-state index in [0.717, 1.165) is 30.5 Å². The highest BCUT2D eigenvalue weighted by atomic mass is 16.3. The van der Waals surface area contributed by atoms with Gasteiger partial charge in [-0.25, -0.2) is 0 Å². The average molecular weight is 276 g/mol. The van der Waals surface area contributed by atoms with E-state index >= 15 is 0 Å². The Morgan fingerprint density at radius 2 is 2.20 bits per heavy atom. The molecule has 0 radical (unpaired) electrons. The number of rotatable bonds is 6. The first kappa shape index (κ1) is 15.5. The predicted octanol–water partition coefficient (Wildman–Crippen LogP) is 2.65. The summed E-state index contributed by atoms with van der Waals surface area (Å²) in [6.45, 7) is 5.82. The lowest BCUT2D eigenvalue weighted by Crippen LogP contribution is -2.43. The van der Waals surface area contributed by atoms with Gasteiger partial charge in [0.05, 0.1) is 0 Å². The summed E-state index contributed by atoms with van der Waals surface area (Å²) in [5.41, 5.74) is 1.07. The first-order chi connectivity index (χ1) is 9.70. The molecule has 1 aliphatic carbocycles. The van der Waals surface area contributed by atoms with E-state index in [2.05, 4.69) is 24.1 Å². The van der Waals surface area contributed by atoms with Crippen LogP contribution in [0.25, 0.3) is 0 Å². The second-order valence-electron chi connectivity index (χ2n) is 6.36. The van der Waals surface area contributed by atoms with Crippen LogP contribution in [0.4, 0.5) is 0 Å². The number of pyridine rings is 1. The van der Waals surface area contributed by atoms with E-state index in [9.17, 15) is 5.11 Å². The van der Waals surface area contributed by atoms with Crippen molar-refractivity contribution in [3.8, 4) is 0 Å². The highest BCUT2D eigenvalue weighted by molar-refractivity contribution is 5.04. The molecule has 1 saturated carbocycles. The van der Waals surface area contributed by atoms with Gasteiger partial charge in [0.15, 0.2) is 0 Å². The van der Waals surface area contributed by atoms with Gasteiger partial charge in [0.1, 0.15) is 0 Å². The molecule has 3 heteroatoms. The van der Waals surface area contributed by atoms with Crippen molar-refractivity contribution in [3.05, 3.63) is 30.1 Å². The minimum atomic E-state index is 0.222. The first-order valence-corrected chi connectivity index (χ1v) is 7.95. The van der Waals surface area contributed by atoms with Crippen molar-refractivity contribution in [1.82, 2.24) is 10.3 Å². The van der Waals surface area contributed by atoms with Crippen molar-refractivity contribution in [2.45, 2.75) is 45.6 Å². The Kier molecular flexibility index (Phi) is 5.99. The van der Waals surface area contributed by atoms with Gasteiger partial charge in [-0.2, -0.15) is 0 Å². The maximum absolute atomic E-state index is 9.57. The Hall–Kier alpha value is -0.930. The second kappa shape index (κ2) is 7.75. The van der Waals surface area contributed by atoms with Crippen molar-refractivity contribution in [2.24, 2.45) is 17.8 Å². The highest BCUT2D eigenvalue weighted by Crippen LogP contribution is 2.29. The summed E-state index contributed by atoms with van der Waals surface area (Å²) >= 11 is 0. The molecule has 0 amide bonds. The topological polar surface area (TPSA) is 45.1 Å². The van der Waals surface area contributed by atoms with Gasteiger partial charge in [-0.3, -0.25) is 4.98 Å². The molecule has 1 aliphatic rings. The van der Waals surface area contributed by atoms with Crippen LogP contribution in [0.2, 0.25) is 0 Å². The van der Waals surface area contributed by atoms with Crippen molar-refractivity contribution in [2.75, 3.05) is 13.2 Å². The van der Waals surface area contributed by atoms with E-state index < -0.39 is 0 Å². The Morgan fingerprint density at radius 3 is 2.90 bits per heavy atom. The van der Waals surface area contributed by atoms with Gasteiger partial charge in [-0.1, -0.05) is 32.8 Å². The fourth-order valence-electron chi connectivity index (χ4n) is 3.20. The van der Waals surface area contributed by atoms with Gasteiger partial charge in [-0.15, -0.1) is 0 Å². The third-order valence-electron chi connectivity index (χ3n) is 4.86. The molecule has 0 saturated heterocycles. The molecule has 20 heavy (non-hydrogen) atoms. The van der Waals surface area contributed by atoms with Crippen LogP contribution >= 0.6 is 0 Å². The smallest absolute Gasteiger partial charge is 0.0475 e. The van der Waals surface area contributed by atoms with E-state index in [1.165, 1.54) is 19.3 Å². The number of aromatic nitrogens is 1. The lowest BCUT2D eigenvalue weighted by molar-refractivity contribution is 0.178. The summed E-state index contributed by atoms with van der Waals surface area (Å²) in [6.07, 6.45) is 6.63. The summed E-state index contributed by atoms with van der Waals surface area (Å²) in [4.78, 5) is 4.35. The molecular weight excluding hydrogens is 248 g/mol. The number of aliphatic hydroxyl groups excluding tert-OH is 1. The molecule has 2 N–H and O–H groups in total. The fourth-order valence-corrected chi connectivity index (χ4v) is 3.20. The summed E-state index contributed by atoms with van der Waals surface area (Å²) in [6, 6.07) is 6.58. The predicted molar refractivity (Wildman–Crippen MR) is 82.5 cm³/mol. The molecule has 0 aromatic carbocycles. The van der Waals surface area contributed by atoms with Gasteiger partial charge >= 0.3 is 0 Å². The second-order valence-corrected chi connectivity index (χ2v) is 6.36. The van der Waals surface area contributed by atoms with Crippen molar-refractivity contribution in [3.63, 3.8) is 0 Å². The zero-order valence-electron chi connectivity index (χ0n) is 12.8. The summed E-state index contributed by atoms with van der Waals surface area (Å²) in [5.74, 6) is 1.80. The number of hydrogen-bond acceptors (Lipinski definition) is 3. The van der Waals surface area contributed by atoms with Crippen LogP contribution in [-0.4, -0.2) is 29.3 Å². The molecule has 3 nitrogen and oxygen atoms in total. The van der Waals surface area contributed by atoms with Crippen molar-refractivity contribution >= 4 is 0 Å². The first-order valence-electron chi connectivity index (χ1n) is 7.95. The molecule has 0 bridgehead atoms. The van der Waals surface area contributed by atoms with Crippen LogP contribution in [0.3, 0.4) is 0 Å². The number of aliphatic hydroxyl groups is 1. The fraction of sp³-hybridized carbons (Fsp3) is 0.706. The molecule has 1 fully saturated rings. The van der Waals surface area contributed by atoms with Crippen LogP contribution in [0, 0.1) is 17.8 Å². The van der Waals surface area contributed by atoms with Gasteiger partial charge in [0.2, 0.25) is 0 Å². The quantitative estimate of drug-likeness (QED) is 0.839. The minimum Gasteiger partial charge on any atom is -0.396 e. The van der Waals surface area contributed by atoms with Gasteiger partial charge in [0, 0.05) is 31.1 Å². The van der Waals surface area contributed by atoms with Gasteiger partial charge in [-0.05, 0) is 42.7 Å². The molecule has 1 heterocycles. The molecular formula is C17H28N2O. The molecule has 4 atom stereocenters. The van der Waals surface area contributed by atoms with Crippen LogP contribution < -0.4 is 5.32 Å². The molecule has 112 valence electrons. The summed E-state index contributed by atoms with van der Waals surface area (Å²) < 4.78 is 0. The molecule has 1 aromatic heterocycles. The minimum absolute atomic E-state index is 0.222. The number of hydrogen-bond donors (Lipinski definition) is 2. The summed E-state index contributed by atoms with van der Waals surface area (Å²) in [5, 5.41) is 13.3. The molecule has 0 aliphatic heterocycles. The zero-order valence-corrected chi connectivity index (χ0v) is 12.8. The van der Waals surface area contributed by atoms with Crippen LogP contribution in [0.15, 0.2) is 24.4 Å². The van der Waals surface area contributed by atoms with E-state index in [4.69, 9.17) is 0 Å². The molecule has 1 aromatic rings. The van der Waals surface area contributed by atoms with E-state index in [1.54, 1.807) is 0 Å². The summed E-state index contributed by atoms with van der Waals surface area (Å²) in [7, 11) is 0. The SMILES string of the molecule is C[C@H]1[C@H](C)CCC[C@@H]1NC[C@H](CO)Cc1ccccn1. The lowest BCUT2D eigenvalue weighted by Gasteiger charge is -2.35. The number of nitrogens with zero attached hydrogens (tertiary/aromatic N) is 1. The Balaban J connectivity index is 1.81. The largest absolute Gasteiger partial charge is 0.396 e. The normalized spacial score (nSPS) is 28.2. The van der Waals surface area contributed by atoms with Crippen molar-refractivity contribution < 1.29 is 5.11 Å². The van der Waals surface area contributed by atoms with Crippen LogP contribution in [0.5, 0.6) is 0 Å². The Labute approximate surface area is 122 Å². The maximum atomic E-state index is 9.57. The van der Waals surface area contributed by atoms with E-state index in [-0.39, 0.29) is 12.5 Å².